The number of aryl methyl sites for hydroxylation is 1. The molecule has 2 atom stereocenters. The van der Waals surface area contributed by atoms with Crippen molar-refractivity contribution in [2.45, 2.75) is 56.7 Å². The van der Waals surface area contributed by atoms with Gasteiger partial charge in [-0.05, 0) is 44.4 Å². The minimum absolute atomic E-state index is 0.0251. The highest BCUT2D eigenvalue weighted by Gasteiger charge is 2.45. The molecule has 1 aromatic heterocycles. The number of hydrogen-bond acceptors (Lipinski definition) is 6. The average molecular weight is 519 g/mol. The highest BCUT2D eigenvalue weighted by Crippen LogP contribution is 2.40. The Hall–Kier alpha value is -2.66. The van der Waals surface area contributed by atoms with E-state index >= 15 is 8.78 Å². The molecule has 192 valence electrons. The Morgan fingerprint density at radius 2 is 1.86 bits per heavy atom. The van der Waals surface area contributed by atoms with Crippen molar-refractivity contribution in [1.29, 1.82) is 0 Å². The highest BCUT2D eigenvalue weighted by molar-refractivity contribution is 7.89. The largest absolute Gasteiger partial charge is 0.375 e. The van der Waals surface area contributed by atoms with E-state index in [2.05, 4.69) is 5.16 Å². The molecule has 10 heteroatoms. The smallest absolute Gasteiger partial charge is 0.221 e. The number of halogens is 2. The lowest BCUT2D eigenvalue weighted by Crippen LogP contribution is -2.49. The van der Waals surface area contributed by atoms with Crippen LogP contribution in [0.1, 0.15) is 53.2 Å². The van der Waals surface area contributed by atoms with E-state index in [4.69, 9.17) is 14.0 Å². The van der Waals surface area contributed by atoms with E-state index < -0.39 is 32.5 Å². The van der Waals surface area contributed by atoms with Crippen molar-refractivity contribution in [1.82, 2.24) is 9.46 Å². The second-order valence-corrected chi connectivity index (χ2v) is 11.6. The predicted molar refractivity (Wildman–Crippen MR) is 127 cm³/mol. The van der Waals surface area contributed by atoms with E-state index in [0.29, 0.717) is 29.9 Å². The lowest BCUT2D eigenvalue weighted by Gasteiger charge is -2.41. The molecule has 0 aliphatic carbocycles. The molecule has 5 rings (SSSR count). The molecule has 2 aromatic carbocycles. The van der Waals surface area contributed by atoms with Crippen molar-refractivity contribution in [3.05, 3.63) is 88.3 Å². The van der Waals surface area contributed by atoms with Crippen LogP contribution in [-0.2, 0) is 38.2 Å². The van der Waals surface area contributed by atoms with Gasteiger partial charge in [0.1, 0.15) is 33.9 Å². The molecule has 3 heterocycles. The van der Waals surface area contributed by atoms with Crippen LogP contribution in [0, 0.1) is 18.6 Å². The zero-order valence-corrected chi connectivity index (χ0v) is 20.9. The van der Waals surface area contributed by atoms with Crippen LogP contribution in [0.15, 0.2) is 53.1 Å². The van der Waals surface area contributed by atoms with Gasteiger partial charge in [0, 0.05) is 29.8 Å². The maximum Gasteiger partial charge on any atom is 0.221 e. The number of rotatable bonds is 7. The molecule has 7 nitrogen and oxygen atoms in total. The molecule has 0 amide bonds. The van der Waals surface area contributed by atoms with Gasteiger partial charge < -0.3 is 14.0 Å². The normalized spacial score (nSPS) is 23.3. The minimum atomic E-state index is -3.78. The summed E-state index contributed by atoms with van der Waals surface area (Å²) in [6.45, 7) is 3.47. The second-order valence-electron chi connectivity index (χ2n) is 9.54. The Labute approximate surface area is 209 Å². The monoisotopic (exact) mass is 518 g/mol. The standard InChI is InChI=1S/C26H28F2N2O5S/c1-17-8-9-25(19-6-4-3-5-7-19)36(31,32)30(17)13-20-11-24(28)22(12-23(20)27)26(15-33-16-26)34-14-21-10-18(2)35-29-21/h3-7,10-12,17,25H,8-9,13-16H2,1-2H3/t17-,25+/m0/s1. The summed E-state index contributed by atoms with van der Waals surface area (Å²) in [6.07, 6.45) is 1.10. The van der Waals surface area contributed by atoms with Crippen LogP contribution in [0.3, 0.4) is 0 Å². The first kappa shape index (κ1) is 25.0. The first-order valence-corrected chi connectivity index (χ1v) is 13.4. The molecular weight excluding hydrogens is 490 g/mol. The second kappa shape index (κ2) is 9.66. The fourth-order valence-electron chi connectivity index (χ4n) is 4.88. The van der Waals surface area contributed by atoms with Crippen LogP contribution in [0.25, 0.3) is 0 Å². The molecular formula is C26H28F2N2O5S. The summed E-state index contributed by atoms with van der Waals surface area (Å²) in [5.41, 5.74) is 0.0882. The zero-order valence-electron chi connectivity index (χ0n) is 20.1. The number of aromatic nitrogens is 1. The highest BCUT2D eigenvalue weighted by atomic mass is 32.2. The number of benzene rings is 2. The Kier molecular flexibility index (Phi) is 6.71. The Morgan fingerprint density at radius 3 is 2.50 bits per heavy atom. The molecule has 0 saturated carbocycles. The summed E-state index contributed by atoms with van der Waals surface area (Å²) < 4.78 is 75.2. The van der Waals surface area contributed by atoms with Gasteiger partial charge in [0.2, 0.25) is 10.0 Å². The fourth-order valence-corrected chi connectivity index (χ4v) is 7.07. The maximum absolute atomic E-state index is 15.4. The Morgan fingerprint density at radius 1 is 1.11 bits per heavy atom. The van der Waals surface area contributed by atoms with Crippen molar-refractivity contribution >= 4 is 10.0 Å². The van der Waals surface area contributed by atoms with Crippen molar-refractivity contribution in [2.75, 3.05) is 13.2 Å². The van der Waals surface area contributed by atoms with Crippen molar-refractivity contribution < 1.29 is 31.2 Å². The first-order chi connectivity index (χ1) is 17.2. The van der Waals surface area contributed by atoms with E-state index in [-0.39, 0.29) is 43.5 Å². The number of ether oxygens (including phenoxy) is 2. The Bertz CT molecular complexity index is 1340. The van der Waals surface area contributed by atoms with Gasteiger partial charge in [0.15, 0.2) is 0 Å². The first-order valence-electron chi connectivity index (χ1n) is 11.9. The van der Waals surface area contributed by atoms with Gasteiger partial charge in [-0.25, -0.2) is 17.2 Å². The lowest BCUT2D eigenvalue weighted by molar-refractivity contribution is -0.224. The fraction of sp³-hybridized carbons (Fsp3) is 0.423. The van der Waals surface area contributed by atoms with Crippen molar-refractivity contribution in [3.63, 3.8) is 0 Å². The van der Waals surface area contributed by atoms with Gasteiger partial charge in [0.05, 0.1) is 19.8 Å². The van der Waals surface area contributed by atoms with Gasteiger partial charge in [-0.3, -0.25) is 0 Å². The van der Waals surface area contributed by atoms with E-state index in [1.165, 1.54) is 4.31 Å². The van der Waals surface area contributed by atoms with E-state index in [1.54, 1.807) is 44.2 Å². The summed E-state index contributed by atoms with van der Waals surface area (Å²) in [5.74, 6) is -0.749. The van der Waals surface area contributed by atoms with Gasteiger partial charge in [0.25, 0.3) is 0 Å². The third-order valence-electron chi connectivity index (χ3n) is 6.99. The summed E-state index contributed by atoms with van der Waals surface area (Å²) in [6, 6.07) is 12.5. The van der Waals surface area contributed by atoms with Crippen LogP contribution in [0.2, 0.25) is 0 Å². The zero-order chi connectivity index (χ0) is 25.5. The van der Waals surface area contributed by atoms with Crippen LogP contribution in [0.4, 0.5) is 8.78 Å². The number of nitrogens with zero attached hydrogens (tertiary/aromatic N) is 2. The van der Waals surface area contributed by atoms with Crippen LogP contribution in [-0.4, -0.2) is 37.1 Å². The summed E-state index contributed by atoms with van der Waals surface area (Å²) >= 11 is 0. The summed E-state index contributed by atoms with van der Waals surface area (Å²) in [7, 11) is -3.78. The number of sulfonamides is 1. The molecule has 2 saturated heterocycles. The summed E-state index contributed by atoms with van der Waals surface area (Å²) in [5, 5.41) is 3.15. The molecule has 0 N–H and O–H groups in total. The van der Waals surface area contributed by atoms with Crippen LogP contribution < -0.4 is 0 Å². The van der Waals surface area contributed by atoms with Gasteiger partial charge >= 0.3 is 0 Å². The molecule has 3 aromatic rings. The van der Waals surface area contributed by atoms with Crippen molar-refractivity contribution in [3.8, 4) is 0 Å². The Balaban J connectivity index is 1.39. The van der Waals surface area contributed by atoms with Gasteiger partial charge in [-0.1, -0.05) is 35.5 Å². The molecule has 2 aliphatic heterocycles. The molecule has 36 heavy (non-hydrogen) atoms. The maximum atomic E-state index is 15.4. The third-order valence-corrected chi connectivity index (χ3v) is 9.36. The molecule has 2 aliphatic rings. The number of hydrogen-bond donors (Lipinski definition) is 0. The van der Waals surface area contributed by atoms with Crippen LogP contribution >= 0.6 is 0 Å². The quantitative estimate of drug-likeness (QED) is 0.449. The molecule has 0 radical (unpaired) electrons. The van der Waals surface area contributed by atoms with Crippen molar-refractivity contribution in [2.24, 2.45) is 0 Å². The van der Waals surface area contributed by atoms with E-state index in [0.717, 1.165) is 12.1 Å². The molecule has 0 bridgehead atoms. The SMILES string of the molecule is Cc1cc(COC2(c3cc(F)c(CN4[C@@H](C)CC[C@H](c5ccccc5)S4(=O)=O)cc3F)COC2)no1. The van der Waals surface area contributed by atoms with Gasteiger partial charge in [-0.2, -0.15) is 4.31 Å². The lowest BCUT2D eigenvalue weighted by atomic mass is 9.90. The molecule has 0 spiro atoms. The summed E-state index contributed by atoms with van der Waals surface area (Å²) in [4.78, 5) is 0. The topological polar surface area (TPSA) is 81.9 Å². The van der Waals surface area contributed by atoms with E-state index in [1.807, 2.05) is 6.07 Å². The molecule has 0 unspecified atom stereocenters. The minimum Gasteiger partial charge on any atom is -0.375 e. The average Bonchev–Trinajstić information content (AvgIpc) is 3.24. The van der Waals surface area contributed by atoms with Crippen LogP contribution in [0.5, 0.6) is 0 Å². The van der Waals surface area contributed by atoms with E-state index in [9.17, 15) is 8.42 Å². The molecule has 2 fully saturated rings. The third kappa shape index (κ3) is 4.58. The van der Waals surface area contributed by atoms with Gasteiger partial charge in [-0.15, -0.1) is 0 Å². The predicted octanol–water partition coefficient (Wildman–Crippen LogP) is 4.76.